The molecule has 1 heterocycles. The number of carbonyl (C=O) groups is 1. The molecule has 1 unspecified atom stereocenters. The van der Waals surface area contributed by atoms with E-state index in [4.69, 9.17) is 0 Å². The van der Waals surface area contributed by atoms with Gasteiger partial charge in [-0.1, -0.05) is 24.8 Å². The van der Waals surface area contributed by atoms with Crippen LogP contribution >= 0.6 is 0 Å². The fraction of sp³-hybridized carbons (Fsp3) is 0.250. The van der Waals surface area contributed by atoms with E-state index in [1.165, 1.54) is 36.7 Å². The van der Waals surface area contributed by atoms with Crippen LogP contribution in [0, 0.1) is 6.92 Å². The lowest BCUT2D eigenvalue weighted by Gasteiger charge is -2.16. The normalized spacial score (nSPS) is 12.3. The topological polar surface area (TPSA) is 126 Å². The number of halogens is 1. The molecule has 0 radical (unpaired) electrons. The highest BCUT2D eigenvalue weighted by Gasteiger charge is 2.19. The van der Waals surface area contributed by atoms with Crippen molar-refractivity contribution in [3.63, 3.8) is 0 Å². The van der Waals surface area contributed by atoms with E-state index in [9.17, 15) is 29.0 Å². The van der Waals surface area contributed by atoms with Crippen LogP contribution in [0.4, 0.5) is 4.39 Å². The van der Waals surface area contributed by atoms with Gasteiger partial charge in [0, 0.05) is 25.2 Å². The van der Waals surface area contributed by atoms with Gasteiger partial charge in [0.2, 0.25) is 0 Å². The van der Waals surface area contributed by atoms with Crippen LogP contribution in [0.1, 0.15) is 34.1 Å². The summed E-state index contributed by atoms with van der Waals surface area (Å²) in [6.45, 7) is 7.17. The molecule has 0 fully saturated rings. The molecule has 3 rings (SSSR count). The fourth-order valence-electron chi connectivity index (χ4n) is 4.06. The highest BCUT2D eigenvalue weighted by molar-refractivity contribution is 5.99. The summed E-state index contributed by atoms with van der Waals surface area (Å²) in [7, 11) is 3.12. The van der Waals surface area contributed by atoms with E-state index in [1.807, 2.05) is 0 Å². The number of likely N-dealkylation sites (N-methyl/N-ethyl adjacent to an activating group) is 1. The Morgan fingerprint density at radius 3 is 2.32 bits per heavy atom. The Balaban J connectivity index is 1.83. The van der Waals surface area contributed by atoms with E-state index < -0.39 is 23.0 Å². The molecule has 4 N–H and O–H groups in total. The number of phenols is 2. The SMILES string of the molecule is C=C(CNC)/C(F)=C\c1c(C)c(=O)n(-c2ccc(CC(C)NC(=O)c3c(O)cccc3O)cc2)c(=O)n1C. The Kier molecular flexibility index (Phi) is 8.69. The molecule has 0 spiro atoms. The second-order valence-corrected chi connectivity index (χ2v) is 9.03. The van der Waals surface area contributed by atoms with E-state index in [2.05, 4.69) is 17.2 Å². The summed E-state index contributed by atoms with van der Waals surface area (Å²) >= 11 is 0. The van der Waals surface area contributed by atoms with Crippen LogP contribution in [0.5, 0.6) is 11.5 Å². The molecule has 3 aromatic rings. The quantitative estimate of drug-likeness (QED) is 0.320. The number of nitrogens with zero attached hydrogens (tertiary/aromatic N) is 2. The number of amides is 1. The molecule has 1 aromatic heterocycles. The van der Waals surface area contributed by atoms with E-state index in [0.717, 1.165) is 16.2 Å². The summed E-state index contributed by atoms with van der Waals surface area (Å²) in [4.78, 5) is 38.6. The minimum absolute atomic E-state index is 0.155. The van der Waals surface area contributed by atoms with Crippen molar-refractivity contribution in [3.05, 3.63) is 104 Å². The van der Waals surface area contributed by atoms with Crippen molar-refractivity contribution >= 4 is 12.0 Å². The first-order valence-corrected chi connectivity index (χ1v) is 11.9. The monoisotopic (exact) mass is 522 g/mol. The molecule has 0 aliphatic carbocycles. The van der Waals surface area contributed by atoms with Gasteiger partial charge in [0.25, 0.3) is 11.5 Å². The van der Waals surface area contributed by atoms with Gasteiger partial charge in [-0.25, -0.2) is 13.8 Å². The maximum absolute atomic E-state index is 14.5. The maximum Gasteiger partial charge on any atom is 0.335 e. The van der Waals surface area contributed by atoms with Crippen molar-refractivity contribution in [1.82, 2.24) is 19.8 Å². The smallest absolute Gasteiger partial charge is 0.335 e. The fourth-order valence-corrected chi connectivity index (χ4v) is 4.06. The first kappa shape index (κ1) is 28.1. The standard InChI is InChI=1S/C28H31FN4O5/c1-16(15-30-4)21(29)14-22-18(3)27(37)33(28(38)32(22)5)20-11-9-19(10-12-20)13-17(2)31-26(36)25-23(34)7-6-8-24(25)35/h6-12,14,17,30,34-35H,1,13,15H2,2-5H3,(H,31,36)/b21-14+. The first-order chi connectivity index (χ1) is 18.0. The maximum atomic E-state index is 14.5. The summed E-state index contributed by atoms with van der Waals surface area (Å²) in [6.07, 6.45) is 1.54. The number of hydrogen-bond donors (Lipinski definition) is 4. The van der Waals surface area contributed by atoms with Gasteiger partial charge in [-0.05, 0) is 68.8 Å². The molecule has 0 aliphatic rings. The van der Waals surface area contributed by atoms with E-state index in [1.54, 1.807) is 38.2 Å². The number of phenolic OH excluding ortho intramolecular Hbond substituents is 2. The van der Waals surface area contributed by atoms with Crippen molar-refractivity contribution in [3.8, 4) is 17.2 Å². The summed E-state index contributed by atoms with van der Waals surface area (Å²) in [5.74, 6) is -1.89. The van der Waals surface area contributed by atoms with E-state index in [-0.39, 0.29) is 46.5 Å². The molecule has 1 amide bonds. The van der Waals surface area contributed by atoms with Crippen LogP contribution in [0.2, 0.25) is 0 Å². The Hall–Kier alpha value is -4.44. The van der Waals surface area contributed by atoms with Crippen LogP contribution in [0.15, 0.2) is 70.0 Å². The lowest BCUT2D eigenvalue weighted by atomic mass is 10.1. The van der Waals surface area contributed by atoms with Gasteiger partial charge >= 0.3 is 5.69 Å². The predicted octanol–water partition coefficient (Wildman–Crippen LogP) is 2.70. The number of aromatic hydroxyl groups is 2. The number of carbonyl (C=O) groups excluding carboxylic acids is 1. The summed E-state index contributed by atoms with van der Waals surface area (Å²) in [5.41, 5.74) is 0.307. The number of hydrogen-bond acceptors (Lipinski definition) is 6. The lowest BCUT2D eigenvalue weighted by Crippen LogP contribution is -2.40. The molecule has 0 bridgehead atoms. The van der Waals surface area contributed by atoms with Crippen molar-refractivity contribution < 1.29 is 19.4 Å². The number of benzene rings is 2. The molecular formula is C28H31FN4O5. The molecule has 0 saturated heterocycles. The Labute approximate surface area is 219 Å². The van der Waals surface area contributed by atoms with Gasteiger partial charge in [0.15, 0.2) is 0 Å². The summed E-state index contributed by atoms with van der Waals surface area (Å²) in [5, 5.41) is 25.3. The second kappa shape index (κ2) is 11.7. The van der Waals surface area contributed by atoms with Gasteiger partial charge in [-0.15, -0.1) is 0 Å². The molecule has 10 heteroatoms. The molecular weight excluding hydrogens is 491 g/mol. The summed E-state index contributed by atoms with van der Waals surface area (Å²) < 4.78 is 16.8. The zero-order valence-electron chi connectivity index (χ0n) is 21.7. The molecule has 1 atom stereocenters. The van der Waals surface area contributed by atoms with E-state index in [0.29, 0.717) is 12.1 Å². The number of aromatic nitrogens is 2. The second-order valence-electron chi connectivity index (χ2n) is 9.03. The molecule has 200 valence electrons. The van der Waals surface area contributed by atoms with Crippen LogP contribution in [0.3, 0.4) is 0 Å². The molecule has 0 saturated carbocycles. The highest BCUT2D eigenvalue weighted by atomic mass is 19.1. The Morgan fingerprint density at radius 1 is 1.13 bits per heavy atom. The average Bonchev–Trinajstić information content (AvgIpc) is 2.86. The summed E-state index contributed by atoms with van der Waals surface area (Å²) in [6, 6.07) is 10.4. The molecule has 2 aromatic carbocycles. The van der Waals surface area contributed by atoms with Gasteiger partial charge in [0.05, 0.1) is 11.4 Å². The average molecular weight is 523 g/mol. The molecule has 38 heavy (non-hydrogen) atoms. The van der Waals surface area contributed by atoms with Crippen LogP contribution in [-0.4, -0.2) is 44.9 Å². The van der Waals surface area contributed by atoms with Gasteiger partial charge in [-0.2, -0.15) is 0 Å². The van der Waals surface area contributed by atoms with Crippen molar-refractivity contribution in [1.29, 1.82) is 0 Å². The Bertz CT molecular complexity index is 1460. The third-order valence-corrected chi connectivity index (χ3v) is 6.10. The minimum Gasteiger partial charge on any atom is -0.507 e. The number of nitrogens with one attached hydrogen (secondary N) is 2. The third kappa shape index (κ3) is 5.92. The van der Waals surface area contributed by atoms with Gasteiger partial charge < -0.3 is 20.8 Å². The van der Waals surface area contributed by atoms with Crippen molar-refractivity contribution in [2.75, 3.05) is 13.6 Å². The largest absolute Gasteiger partial charge is 0.507 e. The zero-order valence-corrected chi connectivity index (χ0v) is 21.7. The minimum atomic E-state index is -0.630. The van der Waals surface area contributed by atoms with Crippen LogP contribution in [-0.2, 0) is 13.5 Å². The van der Waals surface area contributed by atoms with Crippen molar-refractivity contribution in [2.45, 2.75) is 26.3 Å². The van der Waals surface area contributed by atoms with Crippen LogP contribution < -0.4 is 21.9 Å². The lowest BCUT2D eigenvalue weighted by molar-refractivity contribution is 0.0934. The molecule has 9 nitrogen and oxygen atoms in total. The van der Waals surface area contributed by atoms with E-state index >= 15 is 0 Å². The van der Waals surface area contributed by atoms with Crippen LogP contribution in [0.25, 0.3) is 11.8 Å². The third-order valence-electron chi connectivity index (χ3n) is 6.10. The predicted molar refractivity (Wildman–Crippen MR) is 145 cm³/mol. The van der Waals surface area contributed by atoms with Gasteiger partial charge in [0.1, 0.15) is 22.9 Å². The van der Waals surface area contributed by atoms with Crippen molar-refractivity contribution in [2.24, 2.45) is 7.05 Å². The molecule has 0 aliphatic heterocycles. The van der Waals surface area contributed by atoms with Gasteiger partial charge in [-0.3, -0.25) is 14.2 Å². The first-order valence-electron chi connectivity index (χ1n) is 11.9. The zero-order chi connectivity index (χ0) is 28.1. The number of rotatable bonds is 9. The highest BCUT2D eigenvalue weighted by Crippen LogP contribution is 2.26. The Morgan fingerprint density at radius 2 is 1.74 bits per heavy atom.